The Morgan fingerprint density at radius 1 is 1.31 bits per heavy atom. The molecule has 0 saturated carbocycles. The van der Waals surface area contributed by atoms with E-state index >= 15 is 0 Å². The number of amides is 1. The second kappa shape index (κ2) is 11.6. The number of rotatable bonds is 8. The van der Waals surface area contributed by atoms with Crippen molar-refractivity contribution in [3.8, 4) is 5.75 Å². The summed E-state index contributed by atoms with van der Waals surface area (Å²) < 4.78 is 18.4. The van der Waals surface area contributed by atoms with Gasteiger partial charge in [-0.05, 0) is 44.0 Å². The zero-order valence-corrected chi connectivity index (χ0v) is 17.5. The number of nitrogens with zero attached hydrogens (tertiary/aromatic N) is 2. The summed E-state index contributed by atoms with van der Waals surface area (Å²) in [5.74, 6) is 1.04. The van der Waals surface area contributed by atoms with Crippen molar-refractivity contribution in [3.63, 3.8) is 0 Å². The van der Waals surface area contributed by atoms with Crippen molar-refractivity contribution in [2.24, 2.45) is 10.9 Å². The van der Waals surface area contributed by atoms with Crippen LogP contribution in [0.1, 0.15) is 33.6 Å². The van der Waals surface area contributed by atoms with Crippen LogP contribution in [0.25, 0.3) is 0 Å². The Hall–Kier alpha value is -2.35. The van der Waals surface area contributed by atoms with Gasteiger partial charge in [-0.1, -0.05) is 13.8 Å². The van der Waals surface area contributed by atoms with Crippen molar-refractivity contribution < 1.29 is 19.0 Å². The number of likely N-dealkylation sites (tertiary alicyclic amines) is 1. The largest absolute Gasteiger partial charge is 0.491 e. The monoisotopic (exact) mass is 408 g/mol. The summed E-state index contributed by atoms with van der Waals surface area (Å²) in [5.41, 5.74) is 0. The smallest absolute Gasteiger partial charge is 0.225 e. The highest BCUT2D eigenvalue weighted by Crippen LogP contribution is 2.13. The molecule has 7 nitrogen and oxygen atoms in total. The van der Waals surface area contributed by atoms with Crippen molar-refractivity contribution in [2.45, 2.75) is 45.8 Å². The van der Waals surface area contributed by atoms with Gasteiger partial charge in [0.15, 0.2) is 5.96 Å². The number of carbonyl (C=O) groups is 1. The van der Waals surface area contributed by atoms with Gasteiger partial charge < -0.3 is 25.4 Å². The van der Waals surface area contributed by atoms with Gasteiger partial charge in [-0.2, -0.15) is 0 Å². The molecule has 1 fully saturated rings. The minimum Gasteiger partial charge on any atom is -0.491 e. The molecule has 0 radical (unpaired) electrons. The van der Waals surface area contributed by atoms with Crippen LogP contribution in [0.2, 0.25) is 0 Å². The molecule has 2 rings (SSSR count). The third-order valence-electron chi connectivity index (χ3n) is 4.70. The molecule has 1 unspecified atom stereocenters. The molecule has 1 aliphatic heterocycles. The average molecular weight is 409 g/mol. The van der Waals surface area contributed by atoms with Crippen LogP contribution in [-0.4, -0.2) is 66.8 Å². The number of carbonyl (C=O) groups excluding carboxylic acids is 1. The van der Waals surface area contributed by atoms with Gasteiger partial charge in [0.05, 0.1) is 6.54 Å². The lowest BCUT2D eigenvalue weighted by Crippen LogP contribution is -2.50. The van der Waals surface area contributed by atoms with Crippen LogP contribution >= 0.6 is 0 Å². The van der Waals surface area contributed by atoms with E-state index in [9.17, 15) is 14.3 Å². The van der Waals surface area contributed by atoms with Crippen LogP contribution in [0.3, 0.4) is 0 Å². The van der Waals surface area contributed by atoms with E-state index < -0.39 is 6.10 Å². The summed E-state index contributed by atoms with van der Waals surface area (Å²) >= 11 is 0. The minimum absolute atomic E-state index is 0.0250. The number of guanidine groups is 1. The van der Waals surface area contributed by atoms with Crippen LogP contribution in [-0.2, 0) is 4.79 Å². The van der Waals surface area contributed by atoms with Gasteiger partial charge in [0.2, 0.25) is 5.91 Å². The van der Waals surface area contributed by atoms with Gasteiger partial charge in [0, 0.05) is 31.6 Å². The van der Waals surface area contributed by atoms with E-state index in [0.29, 0.717) is 18.3 Å². The van der Waals surface area contributed by atoms with E-state index in [4.69, 9.17) is 4.74 Å². The van der Waals surface area contributed by atoms with Crippen molar-refractivity contribution >= 4 is 11.9 Å². The molecule has 0 aliphatic carbocycles. The molecule has 0 aromatic heterocycles. The highest BCUT2D eigenvalue weighted by Gasteiger charge is 2.24. The zero-order valence-electron chi connectivity index (χ0n) is 17.5. The molecular weight excluding hydrogens is 375 g/mol. The lowest BCUT2D eigenvalue weighted by molar-refractivity contribution is -0.135. The van der Waals surface area contributed by atoms with Crippen LogP contribution in [0.5, 0.6) is 5.75 Å². The van der Waals surface area contributed by atoms with Crippen molar-refractivity contribution in [1.29, 1.82) is 0 Å². The molecule has 1 atom stereocenters. The molecule has 3 N–H and O–H groups in total. The predicted octanol–water partition coefficient (Wildman–Crippen LogP) is 1.77. The maximum absolute atomic E-state index is 12.9. The number of benzene rings is 1. The predicted molar refractivity (Wildman–Crippen MR) is 111 cm³/mol. The van der Waals surface area contributed by atoms with Crippen LogP contribution in [0.15, 0.2) is 29.3 Å². The van der Waals surface area contributed by atoms with E-state index in [1.165, 1.54) is 24.3 Å². The number of halogens is 1. The Morgan fingerprint density at radius 3 is 2.55 bits per heavy atom. The highest BCUT2D eigenvalue weighted by atomic mass is 19.1. The molecule has 1 aromatic rings. The van der Waals surface area contributed by atoms with Crippen LogP contribution < -0.4 is 15.4 Å². The zero-order chi connectivity index (χ0) is 21.2. The number of hydrogen-bond acceptors (Lipinski definition) is 4. The molecule has 1 saturated heterocycles. The van der Waals surface area contributed by atoms with Gasteiger partial charge >= 0.3 is 0 Å². The molecular formula is C21H33FN4O3. The quantitative estimate of drug-likeness (QED) is 0.451. The van der Waals surface area contributed by atoms with E-state index in [1.807, 2.05) is 25.7 Å². The summed E-state index contributed by atoms with van der Waals surface area (Å²) in [5, 5.41) is 16.7. The van der Waals surface area contributed by atoms with Crippen LogP contribution in [0.4, 0.5) is 4.39 Å². The number of ether oxygens (including phenoxy) is 1. The maximum Gasteiger partial charge on any atom is 0.225 e. The number of aliphatic imine (C=N–C) groups is 1. The minimum atomic E-state index is -0.777. The molecule has 1 aliphatic rings. The van der Waals surface area contributed by atoms with E-state index in [1.54, 1.807) is 0 Å². The fourth-order valence-electron chi connectivity index (χ4n) is 3.10. The molecule has 8 heteroatoms. The number of aliphatic hydroxyl groups is 1. The summed E-state index contributed by atoms with van der Waals surface area (Å²) in [7, 11) is 0. The average Bonchev–Trinajstić information content (AvgIpc) is 2.71. The third-order valence-corrected chi connectivity index (χ3v) is 4.70. The second-order valence-corrected chi connectivity index (χ2v) is 7.54. The summed E-state index contributed by atoms with van der Waals surface area (Å²) in [4.78, 5) is 18.5. The molecule has 162 valence electrons. The van der Waals surface area contributed by atoms with Crippen molar-refractivity contribution in [2.75, 3.05) is 32.8 Å². The molecule has 0 spiro atoms. The lowest BCUT2D eigenvalue weighted by Gasteiger charge is -2.34. The lowest BCUT2D eigenvalue weighted by atomic mass is 10.0. The number of piperidine rings is 1. The molecule has 1 heterocycles. The first-order chi connectivity index (χ1) is 13.9. The van der Waals surface area contributed by atoms with E-state index in [2.05, 4.69) is 15.6 Å². The van der Waals surface area contributed by atoms with Crippen LogP contribution in [0, 0.1) is 11.7 Å². The third kappa shape index (κ3) is 7.89. The summed E-state index contributed by atoms with van der Waals surface area (Å²) in [6.07, 6.45) is 0.944. The highest BCUT2D eigenvalue weighted by molar-refractivity contribution is 5.80. The Bertz CT molecular complexity index is 658. The first kappa shape index (κ1) is 22.9. The fourth-order valence-corrected chi connectivity index (χ4v) is 3.10. The number of aliphatic hydroxyl groups excluding tert-OH is 1. The van der Waals surface area contributed by atoms with Gasteiger partial charge in [-0.3, -0.25) is 9.79 Å². The Morgan fingerprint density at radius 2 is 1.97 bits per heavy atom. The molecule has 29 heavy (non-hydrogen) atoms. The standard InChI is InChI=1S/C21H33FN4O3/c1-4-23-21(25-17-9-11-26(12-10-17)20(28)15(2)3)24-13-18(27)14-29-19-7-5-16(22)6-8-19/h5-8,15,17-18,27H,4,9-14H2,1-3H3,(H2,23,24,25). The van der Waals surface area contributed by atoms with Crippen molar-refractivity contribution in [1.82, 2.24) is 15.5 Å². The van der Waals surface area contributed by atoms with Gasteiger partial charge in [-0.15, -0.1) is 0 Å². The topological polar surface area (TPSA) is 86.2 Å². The van der Waals surface area contributed by atoms with Gasteiger partial charge in [0.1, 0.15) is 24.3 Å². The number of nitrogens with one attached hydrogen (secondary N) is 2. The van der Waals surface area contributed by atoms with E-state index in [0.717, 1.165) is 25.9 Å². The van der Waals surface area contributed by atoms with E-state index in [-0.39, 0.29) is 36.8 Å². The first-order valence-corrected chi connectivity index (χ1v) is 10.3. The van der Waals surface area contributed by atoms with Gasteiger partial charge in [-0.25, -0.2) is 4.39 Å². The Labute approximate surface area is 172 Å². The summed E-state index contributed by atoms with van der Waals surface area (Å²) in [6.45, 7) is 8.27. The Balaban J connectivity index is 1.78. The molecule has 1 aromatic carbocycles. The fraction of sp³-hybridized carbons (Fsp3) is 0.619. The number of hydrogen-bond donors (Lipinski definition) is 3. The van der Waals surface area contributed by atoms with Gasteiger partial charge in [0.25, 0.3) is 0 Å². The molecule has 1 amide bonds. The molecule has 0 bridgehead atoms. The maximum atomic E-state index is 12.9. The van der Waals surface area contributed by atoms with Crippen molar-refractivity contribution in [3.05, 3.63) is 30.1 Å². The summed E-state index contributed by atoms with van der Waals surface area (Å²) in [6, 6.07) is 5.90. The Kier molecular flexibility index (Phi) is 9.18. The SMILES string of the molecule is CCNC(=NCC(O)COc1ccc(F)cc1)NC1CCN(C(=O)C(C)C)CC1. The second-order valence-electron chi connectivity index (χ2n) is 7.54. The normalized spacial score (nSPS) is 16.6. The first-order valence-electron chi connectivity index (χ1n) is 10.3.